The number of aryl methyl sites for hydroxylation is 1. The molecule has 0 bridgehead atoms. The lowest BCUT2D eigenvalue weighted by atomic mass is 10.1. The molecule has 0 N–H and O–H groups in total. The number of pyridine rings is 1. The van der Waals surface area contributed by atoms with Crippen LogP contribution in [0.3, 0.4) is 0 Å². The highest BCUT2D eigenvalue weighted by molar-refractivity contribution is 7.89. The lowest BCUT2D eigenvalue weighted by molar-refractivity contribution is 0.0685. The molecule has 2 saturated heterocycles. The van der Waals surface area contributed by atoms with Gasteiger partial charge in [-0.3, -0.25) is 9.59 Å². The fourth-order valence-electron chi connectivity index (χ4n) is 3.28. The van der Waals surface area contributed by atoms with E-state index in [-0.39, 0.29) is 18.0 Å². The minimum absolute atomic E-state index is 0.182. The Hall–Kier alpha value is -1.71. The minimum atomic E-state index is -3.44. The number of ether oxygens (including phenoxy) is 1. The van der Waals surface area contributed by atoms with Gasteiger partial charge in [0.15, 0.2) is 0 Å². The topological polar surface area (TPSA) is 88.9 Å². The summed E-state index contributed by atoms with van der Waals surface area (Å²) in [7, 11) is -1.86. The number of morpholine rings is 1. The molecule has 1 aromatic rings. The number of hydrogen-bond donors (Lipinski definition) is 0. The first-order valence-corrected chi connectivity index (χ1v) is 9.92. The summed E-state index contributed by atoms with van der Waals surface area (Å²) in [6.07, 6.45) is 2.69. The molecule has 0 saturated carbocycles. The number of amides is 1. The number of carbonyl (C=O) groups excluding carboxylic acids is 1. The molecule has 3 heterocycles. The van der Waals surface area contributed by atoms with Crippen LogP contribution in [0, 0.1) is 0 Å². The second-order valence-corrected chi connectivity index (χ2v) is 8.65. The molecular weight excluding hydrogens is 346 g/mol. The molecule has 2 aliphatic heterocycles. The lowest BCUT2D eigenvalue weighted by Gasteiger charge is -2.36. The van der Waals surface area contributed by atoms with Gasteiger partial charge in [0.2, 0.25) is 15.6 Å². The van der Waals surface area contributed by atoms with Crippen molar-refractivity contribution in [2.24, 2.45) is 7.05 Å². The van der Waals surface area contributed by atoms with E-state index in [2.05, 4.69) is 0 Å². The number of hydrogen-bond acceptors (Lipinski definition) is 5. The quantitative estimate of drug-likeness (QED) is 0.727. The number of likely N-dealkylation sites (tertiary alicyclic amines) is 1. The standard InChI is InChI=1S/C16H23N3O5S/c1-17-11-13(4-5-15(17)20)16(21)18-6-2-3-14(12-18)25(22,23)19-7-9-24-10-8-19/h4-5,11,14H,2-3,6-10,12H2,1H3. The average Bonchev–Trinajstić information content (AvgIpc) is 2.64. The summed E-state index contributed by atoms with van der Waals surface area (Å²) in [5.41, 5.74) is 0.203. The molecule has 1 unspecified atom stereocenters. The van der Waals surface area contributed by atoms with Crippen molar-refractivity contribution in [1.29, 1.82) is 0 Å². The Bertz CT molecular complexity index is 798. The summed E-state index contributed by atoms with van der Waals surface area (Å²) < 4.78 is 33.7. The molecule has 2 aliphatic rings. The van der Waals surface area contributed by atoms with Gasteiger partial charge >= 0.3 is 0 Å². The third-order valence-corrected chi connectivity index (χ3v) is 7.06. The maximum atomic E-state index is 12.8. The van der Waals surface area contributed by atoms with Crippen LogP contribution < -0.4 is 5.56 Å². The van der Waals surface area contributed by atoms with E-state index in [1.165, 1.54) is 27.2 Å². The first-order valence-electron chi connectivity index (χ1n) is 8.42. The molecule has 25 heavy (non-hydrogen) atoms. The van der Waals surface area contributed by atoms with Gasteiger partial charge in [-0.15, -0.1) is 0 Å². The highest BCUT2D eigenvalue weighted by atomic mass is 32.2. The molecule has 138 valence electrons. The van der Waals surface area contributed by atoms with E-state index in [9.17, 15) is 18.0 Å². The predicted molar refractivity (Wildman–Crippen MR) is 91.9 cm³/mol. The Labute approximate surface area is 147 Å². The zero-order valence-corrected chi connectivity index (χ0v) is 15.1. The van der Waals surface area contributed by atoms with Crippen LogP contribution in [0.25, 0.3) is 0 Å². The van der Waals surface area contributed by atoms with Crippen LogP contribution in [-0.2, 0) is 21.8 Å². The van der Waals surface area contributed by atoms with Gasteiger partial charge in [-0.05, 0) is 18.9 Å². The Morgan fingerprint density at radius 3 is 2.60 bits per heavy atom. The highest BCUT2D eigenvalue weighted by Crippen LogP contribution is 2.22. The smallest absolute Gasteiger partial charge is 0.255 e. The molecule has 0 aromatic carbocycles. The van der Waals surface area contributed by atoms with E-state index in [4.69, 9.17) is 4.74 Å². The lowest BCUT2D eigenvalue weighted by Crippen LogP contribution is -2.51. The summed E-state index contributed by atoms with van der Waals surface area (Å²) in [6.45, 7) is 2.26. The average molecular weight is 369 g/mol. The molecule has 0 radical (unpaired) electrons. The van der Waals surface area contributed by atoms with Gasteiger partial charge in [-0.25, -0.2) is 8.42 Å². The zero-order valence-electron chi connectivity index (χ0n) is 14.3. The Balaban J connectivity index is 1.75. The van der Waals surface area contributed by atoms with Gasteiger partial charge in [0, 0.05) is 45.5 Å². The van der Waals surface area contributed by atoms with Crippen molar-refractivity contribution in [2.75, 3.05) is 39.4 Å². The van der Waals surface area contributed by atoms with E-state index in [1.54, 1.807) is 11.9 Å². The van der Waals surface area contributed by atoms with Crippen molar-refractivity contribution >= 4 is 15.9 Å². The molecule has 2 fully saturated rings. The normalized spacial score (nSPS) is 22.8. The largest absolute Gasteiger partial charge is 0.379 e. The molecule has 8 nitrogen and oxygen atoms in total. The second-order valence-electron chi connectivity index (χ2n) is 6.44. The first kappa shape index (κ1) is 18.1. The van der Waals surface area contributed by atoms with E-state index in [0.717, 1.165) is 0 Å². The van der Waals surface area contributed by atoms with Crippen molar-refractivity contribution < 1.29 is 17.9 Å². The molecule has 0 spiro atoms. The maximum absolute atomic E-state index is 12.8. The van der Waals surface area contributed by atoms with Crippen molar-refractivity contribution in [3.05, 3.63) is 34.2 Å². The van der Waals surface area contributed by atoms with Crippen molar-refractivity contribution in [2.45, 2.75) is 18.1 Å². The van der Waals surface area contributed by atoms with Crippen LogP contribution in [0.1, 0.15) is 23.2 Å². The van der Waals surface area contributed by atoms with Gasteiger partial charge in [0.25, 0.3) is 5.91 Å². The van der Waals surface area contributed by atoms with Crippen LogP contribution in [0.5, 0.6) is 0 Å². The predicted octanol–water partition coefficient (Wildman–Crippen LogP) is -0.348. The monoisotopic (exact) mass is 369 g/mol. The molecule has 0 aliphatic carbocycles. The fourth-order valence-corrected chi connectivity index (χ4v) is 5.19. The molecular formula is C16H23N3O5S. The van der Waals surface area contributed by atoms with Crippen molar-refractivity contribution in [3.8, 4) is 0 Å². The zero-order chi connectivity index (χ0) is 18.0. The number of nitrogens with zero attached hydrogens (tertiary/aromatic N) is 3. The van der Waals surface area contributed by atoms with E-state index in [1.807, 2.05) is 0 Å². The number of aromatic nitrogens is 1. The van der Waals surface area contributed by atoms with Crippen LogP contribution in [0.15, 0.2) is 23.1 Å². The van der Waals surface area contributed by atoms with Crippen LogP contribution in [0.4, 0.5) is 0 Å². The maximum Gasteiger partial charge on any atom is 0.255 e. The van der Waals surface area contributed by atoms with Gasteiger partial charge in [-0.2, -0.15) is 4.31 Å². The summed E-state index contributed by atoms with van der Waals surface area (Å²) in [5.74, 6) is -0.238. The van der Waals surface area contributed by atoms with E-state index in [0.29, 0.717) is 51.3 Å². The summed E-state index contributed by atoms with van der Waals surface area (Å²) in [6, 6.07) is 2.84. The summed E-state index contributed by atoms with van der Waals surface area (Å²) in [5, 5.41) is -0.587. The fraction of sp³-hybridized carbons (Fsp3) is 0.625. The molecule has 1 aromatic heterocycles. The van der Waals surface area contributed by atoms with Gasteiger partial charge < -0.3 is 14.2 Å². The number of carbonyl (C=O) groups is 1. The van der Waals surface area contributed by atoms with Gasteiger partial charge in [0.05, 0.1) is 24.0 Å². The van der Waals surface area contributed by atoms with Crippen molar-refractivity contribution in [3.63, 3.8) is 0 Å². The van der Waals surface area contributed by atoms with Gasteiger partial charge in [-0.1, -0.05) is 0 Å². The number of rotatable bonds is 3. The third-order valence-electron chi connectivity index (χ3n) is 4.75. The Morgan fingerprint density at radius 1 is 1.20 bits per heavy atom. The van der Waals surface area contributed by atoms with Crippen LogP contribution in [-0.4, -0.2) is 72.7 Å². The molecule has 3 rings (SSSR count). The first-order chi connectivity index (χ1) is 11.9. The number of piperidine rings is 1. The minimum Gasteiger partial charge on any atom is -0.379 e. The molecule has 1 amide bonds. The SMILES string of the molecule is Cn1cc(C(=O)N2CCCC(S(=O)(=O)N3CCOCC3)C2)ccc1=O. The third kappa shape index (κ3) is 3.78. The summed E-state index contributed by atoms with van der Waals surface area (Å²) in [4.78, 5) is 25.7. The second kappa shape index (κ2) is 7.27. The van der Waals surface area contributed by atoms with E-state index < -0.39 is 15.3 Å². The molecule has 1 atom stereocenters. The number of sulfonamides is 1. The Morgan fingerprint density at radius 2 is 1.92 bits per heavy atom. The Kier molecular flexibility index (Phi) is 5.26. The molecule has 9 heteroatoms. The van der Waals surface area contributed by atoms with E-state index >= 15 is 0 Å². The van der Waals surface area contributed by atoms with Crippen molar-refractivity contribution in [1.82, 2.24) is 13.8 Å². The van der Waals surface area contributed by atoms with Gasteiger partial charge in [0.1, 0.15) is 0 Å². The van der Waals surface area contributed by atoms with Crippen LogP contribution >= 0.6 is 0 Å². The summed E-state index contributed by atoms with van der Waals surface area (Å²) >= 11 is 0. The van der Waals surface area contributed by atoms with Crippen LogP contribution in [0.2, 0.25) is 0 Å². The highest BCUT2D eigenvalue weighted by Gasteiger charge is 2.37.